The van der Waals surface area contributed by atoms with Crippen molar-refractivity contribution in [1.82, 2.24) is 15.2 Å². The van der Waals surface area contributed by atoms with E-state index in [1.54, 1.807) is 0 Å². The number of rotatable bonds is 4. The van der Waals surface area contributed by atoms with Gasteiger partial charge >= 0.3 is 0 Å². The predicted molar refractivity (Wildman–Crippen MR) is 66.2 cm³/mol. The summed E-state index contributed by atoms with van der Waals surface area (Å²) < 4.78 is 0. The van der Waals surface area contributed by atoms with Gasteiger partial charge in [-0.15, -0.1) is 0 Å². The fraction of sp³-hybridized carbons (Fsp3) is 0.615. The average molecular weight is 219 g/mol. The zero-order valence-electron chi connectivity index (χ0n) is 10.0. The van der Waals surface area contributed by atoms with Crippen LogP contribution < -0.4 is 5.32 Å². The largest absolute Gasteiger partial charge is 0.319 e. The maximum Gasteiger partial charge on any atom is 0.0543 e. The van der Waals surface area contributed by atoms with Gasteiger partial charge in [0.1, 0.15) is 0 Å². The van der Waals surface area contributed by atoms with Gasteiger partial charge < -0.3 is 5.32 Å². The van der Waals surface area contributed by atoms with E-state index < -0.39 is 0 Å². The summed E-state index contributed by atoms with van der Waals surface area (Å²) in [6.45, 7) is 4.56. The quantitative estimate of drug-likeness (QED) is 0.832. The molecule has 3 heteroatoms. The highest BCUT2D eigenvalue weighted by molar-refractivity contribution is 5.03. The Labute approximate surface area is 97.9 Å². The van der Waals surface area contributed by atoms with E-state index in [4.69, 9.17) is 0 Å². The molecule has 1 unspecified atom stereocenters. The molecule has 1 atom stereocenters. The van der Waals surface area contributed by atoms with Crippen LogP contribution >= 0.6 is 0 Å². The highest BCUT2D eigenvalue weighted by atomic mass is 15.1. The smallest absolute Gasteiger partial charge is 0.0543 e. The molecule has 0 saturated carbocycles. The predicted octanol–water partition coefficient (Wildman–Crippen LogP) is 1.51. The number of nitrogens with one attached hydrogen (secondary N) is 1. The topological polar surface area (TPSA) is 28.2 Å². The molecular weight excluding hydrogens is 198 g/mol. The molecular formula is C13H21N3. The van der Waals surface area contributed by atoms with Crippen molar-refractivity contribution in [3.05, 3.63) is 30.1 Å². The molecule has 88 valence electrons. The van der Waals surface area contributed by atoms with Crippen molar-refractivity contribution >= 4 is 0 Å². The van der Waals surface area contributed by atoms with Crippen LogP contribution in [0.25, 0.3) is 0 Å². The zero-order chi connectivity index (χ0) is 11.2. The third-order valence-corrected chi connectivity index (χ3v) is 3.21. The number of hydrogen-bond donors (Lipinski definition) is 1. The van der Waals surface area contributed by atoms with Crippen LogP contribution in [0, 0.1) is 5.92 Å². The van der Waals surface area contributed by atoms with Crippen molar-refractivity contribution in [2.45, 2.75) is 19.4 Å². The van der Waals surface area contributed by atoms with Crippen LogP contribution in [-0.4, -0.2) is 36.6 Å². The van der Waals surface area contributed by atoms with Gasteiger partial charge in [-0.3, -0.25) is 9.88 Å². The normalized spacial score (nSPS) is 22.2. The molecule has 3 nitrogen and oxygen atoms in total. The molecule has 1 fully saturated rings. The maximum atomic E-state index is 4.39. The first kappa shape index (κ1) is 11.6. The van der Waals surface area contributed by atoms with E-state index in [0.717, 1.165) is 19.0 Å². The summed E-state index contributed by atoms with van der Waals surface area (Å²) in [6, 6.07) is 6.16. The third-order valence-electron chi connectivity index (χ3n) is 3.21. The van der Waals surface area contributed by atoms with Gasteiger partial charge in [-0.05, 0) is 51.0 Å². The zero-order valence-corrected chi connectivity index (χ0v) is 10.0. The second kappa shape index (κ2) is 5.97. The van der Waals surface area contributed by atoms with Crippen molar-refractivity contribution in [1.29, 1.82) is 0 Å². The molecule has 0 aliphatic carbocycles. The van der Waals surface area contributed by atoms with Crippen LogP contribution in [0.2, 0.25) is 0 Å². The molecule has 0 spiro atoms. The van der Waals surface area contributed by atoms with Gasteiger partial charge in [0, 0.05) is 19.3 Å². The molecule has 1 aliphatic rings. The first-order chi connectivity index (χ1) is 7.88. The van der Waals surface area contributed by atoms with Gasteiger partial charge in [0.25, 0.3) is 0 Å². The van der Waals surface area contributed by atoms with Crippen LogP contribution in [0.3, 0.4) is 0 Å². The monoisotopic (exact) mass is 219 g/mol. The Morgan fingerprint density at radius 1 is 1.50 bits per heavy atom. The van der Waals surface area contributed by atoms with Crippen LogP contribution in [0.15, 0.2) is 24.4 Å². The van der Waals surface area contributed by atoms with Gasteiger partial charge in [0.15, 0.2) is 0 Å². The van der Waals surface area contributed by atoms with Gasteiger partial charge in [0.05, 0.1) is 5.69 Å². The minimum Gasteiger partial charge on any atom is -0.319 e. The highest BCUT2D eigenvalue weighted by Crippen LogP contribution is 2.17. The number of nitrogens with zero attached hydrogens (tertiary/aromatic N) is 2. The molecule has 1 aromatic rings. The molecule has 1 N–H and O–H groups in total. The van der Waals surface area contributed by atoms with E-state index in [1.807, 2.05) is 19.3 Å². The Balaban J connectivity index is 1.85. The second-order valence-electron chi connectivity index (χ2n) is 4.62. The Bertz CT molecular complexity index is 297. The molecule has 1 aromatic heterocycles. The summed E-state index contributed by atoms with van der Waals surface area (Å²) in [4.78, 5) is 6.91. The molecule has 0 bridgehead atoms. The summed E-state index contributed by atoms with van der Waals surface area (Å²) in [5.41, 5.74) is 1.19. The lowest BCUT2D eigenvalue weighted by atomic mass is 9.98. The van der Waals surface area contributed by atoms with E-state index in [1.165, 1.54) is 31.6 Å². The van der Waals surface area contributed by atoms with Crippen molar-refractivity contribution in [3.63, 3.8) is 0 Å². The molecule has 0 radical (unpaired) electrons. The van der Waals surface area contributed by atoms with Gasteiger partial charge in [-0.1, -0.05) is 6.07 Å². The van der Waals surface area contributed by atoms with E-state index in [2.05, 4.69) is 27.3 Å². The summed E-state index contributed by atoms with van der Waals surface area (Å²) in [6.07, 6.45) is 4.56. The number of aromatic nitrogens is 1. The highest BCUT2D eigenvalue weighted by Gasteiger charge is 2.19. The van der Waals surface area contributed by atoms with Gasteiger partial charge in [-0.2, -0.15) is 0 Å². The van der Waals surface area contributed by atoms with Crippen LogP contribution in [0.1, 0.15) is 18.5 Å². The maximum absolute atomic E-state index is 4.39. The fourth-order valence-corrected chi connectivity index (χ4v) is 2.47. The molecule has 1 saturated heterocycles. The van der Waals surface area contributed by atoms with Crippen molar-refractivity contribution in [2.75, 3.05) is 26.7 Å². The molecule has 2 heterocycles. The number of pyridine rings is 1. The lowest BCUT2D eigenvalue weighted by Gasteiger charge is -2.32. The van der Waals surface area contributed by atoms with Crippen molar-refractivity contribution in [2.24, 2.45) is 5.92 Å². The molecule has 0 aromatic carbocycles. The third kappa shape index (κ3) is 3.29. The van der Waals surface area contributed by atoms with Crippen molar-refractivity contribution < 1.29 is 0 Å². The van der Waals surface area contributed by atoms with E-state index in [0.29, 0.717) is 0 Å². The minimum absolute atomic E-state index is 0.808. The number of likely N-dealkylation sites (tertiary alicyclic amines) is 1. The van der Waals surface area contributed by atoms with Gasteiger partial charge in [-0.25, -0.2) is 0 Å². The second-order valence-corrected chi connectivity index (χ2v) is 4.62. The van der Waals surface area contributed by atoms with Crippen LogP contribution in [0.4, 0.5) is 0 Å². The Hall–Kier alpha value is -0.930. The number of hydrogen-bond acceptors (Lipinski definition) is 3. The summed E-state index contributed by atoms with van der Waals surface area (Å²) >= 11 is 0. The summed E-state index contributed by atoms with van der Waals surface area (Å²) in [5, 5.41) is 3.28. The Morgan fingerprint density at radius 2 is 2.44 bits per heavy atom. The molecule has 1 aliphatic heterocycles. The summed E-state index contributed by atoms with van der Waals surface area (Å²) in [5.74, 6) is 0.808. The SMILES string of the molecule is CNCC1CCCN(Cc2ccccn2)C1. The molecule has 0 amide bonds. The van der Waals surface area contributed by atoms with Crippen LogP contribution in [-0.2, 0) is 6.54 Å². The van der Waals surface area contributed by atoms with Crippen LogP contribution in [0.5, 0.6) is 0 Å². The first-order valence-corrected chi connectivity index (χ1v) is 6.15. The van der Waals surface area contributed by atoms with Gasteiger partial charge in [0.2, 0.25) is 0 Å². The Morgan fingerprint density at radius 3 is 3.19 bits per heavy atom. The van der Waals surface area contributed by atoms with E-state index >= 15 is 0 Å². The van der Waals surface area contributed by atoms with Crippen molar-refractivity contribution in [3.8, 4) is 0 Å². The average Bonchev–Trinajstić information content (AvgIpc) is 2.31. The minimum atomic E-state index is 0.808. The fourth-order valence-electron chi connectivity index (χ4n) is 2.47. The lowest BCUT2D eigenvalue weighted by molar-refractivity contribution is 0.165. The Kier molecular flexibility index (Phi) is 4.31. The van der Waals surface area contributed by atoms with E-state index in [-0.39, 0.29) is 0 Å². The summed E-state index contributed by atoms with van der Waals surface area (Å²) in [7, 11) is 2.04. The molecule has 16 heavy (non-hydrogen) atoms. The lowest BCUT2D eigenvalue weighted by Crippen LogP contribution is -2.38. The molecule has 2 rings (SSSR count). The number of piperidine rings is 1. The standard InChI is InChI=1S/C13H21N3/c1-14-9-12-5-4-8-16(10-12)11-13-6-2-3-7-15-13/h2-3,6-7,12,14H,4-5,8-11H2,1H3. The first-order valence-electron chi connectivity index (χ1n) is 6.15. The van der Waals surface area contributed by atoms with E-state index in [9.17, 15) is 0 Å².